The van der Waals surface area contributed by atoms with E-state index in [0.29, 0.717) is 17.8 Å². The molecule has 104 valence electrons. The lowest BCUT2D eigenvalue weighted by atomic mass is 10.1. The fourth-order valence-electron chi connectivity index (χ4n) is 1.65. The molecule has 0 radical (unpaired) electrons. The zero-order valence-electron chi connectivity index (χ0n) is 11.3. The molecule has 0 aliphatic heterocycles. The van der Waals surface area contributed by atoms with Crippen LogP contribution in [0.4, 0.5) is 10.5 Å². The minimum atomic E-state index is -0.323. The Morgan fingerprint density at radius 2 is 2.15 bits per heavy atom. The summed E-state index contributed by atoms with van der Waals surface area (Å²) >= 11 is 1.54. The molecule has 0 atom stereocenters. The largest absolute Gasteiger partial charge is 0.332 e. The Kier molecular flexibility index (Phi) is 4.47. The van der Waals surface area contributed by atoms with Gasteiger partial charge in [-0.05, 0) is 26.0 Å². The van der Waals surface area contributed by atoms with Crippen molar-refractivity contribution < 1.29 is 9.59 Å². The molecule has 1 aromatic carbocycles. The molecule has 1 aromatic heterocycles. The topological polar surface area (TPSA) is 71.1 Å². The number of Topliss-reactive ketones (excluding diaryl/α,β-unsaturated/α-hetero) is 1. The molecule has 0 saturated carbocycles. The fourth-order valence-corrected chi connectivity index (χ4v) is 2.26. The number of carbonyl (C=O) groups excluding carboxylic acids is 2. The van der Waals surface area contributed by atoms with Crippen LogP contribution in [0.15, 0.2) is 29.6 Å². The molecule has 5 nitrogen and oxygen atoms in total. The Balaban J connectivity index is 1.91. The molecular formula is C14H15N3O2S. The lowest BCUT2D eigenvalue weighted by Gasteiger charge is -2.07. The zero-order valence-corrected chi connectivity index (χ0v) is 12.1. The molecule has 0 fully saturated rings. The Labute approximate surface area is 121 Å². The Morgan fingerprint density at radius 3 is 2.80 bits per heavy atom. The first kappa shape index (κ1) is 14.2. The molecule has 20 heavy (non-hydrogen) atoms. The average molecular weight is 289 g/mol. The maximum absolute atomic E-state index is 11.7. The van der Waals surface area contributed by atoms with Gasteiger partial charge in [0.15, 0.2) is 5.78 Å². The van der Waals surface area contributed by atoms with Crippen molar-refractivity contribution in [3.63, 3.8) is 0 Å². The van der Waals surface area contributed by atoms with Crippen LogP contribution in [0.25, 0.3) is 0 Å². The molecule has 6 heteroatoms. The first-order chi connectivity index (χ1) is 9.54. The summed E-state index contributed by atoms with van der Waals surface area (Å²) in [5, 5.41) is 8.28. The second-order valence-corrected chi connectivity index (χ2v) is 5.36. The van der Waals surface area contributed by atoms with E-state index in [9.17, 15) is 9.59 Å². The van der Waals surface area contributed by atoms with Crippen LogP contribution in [0.3, 0.4) is 0 Å². The number of nitrogens with one attached hydrogen (secondary N) is 2. The number of rotatable bonds is 4. The first-order valence-electron chi connectivity index (χ1n) is 6.11. The van der Waals surface area contributed by atoms with E-state index in [1.165, 1.54) is 6.92 Å². The maximum atomic E-state index is 11.7. The van der Waals surface area contributed by atoms with Crippen LogP contribution in [-0.2, 0) is 6.54 Å². The third-order valence-electron chi connectivity index (χ3n) is 2.62. The number of hydrogen-bond donors (Lipinski definition) is 2. The Morgan fingerprint density at radius 1 is 1.35 bits per heavy atom. The summed E-state index contributed by atoms with van der Waals surface area (Å²) in [4.78, 5) is 27.3. The van der Waals surface area contributed by atoms with Crippen LogP contribution < -0.4 is 10.6 Å². The van der Waals surface area contributed by atoms with Gasteiger partial charge in [-0.1, -0.05) is 12.1 Å². The number of aromatic nitrogens is 1. The Hall–Kier alpha value is -2.21. The van der Waals surface area contributed by atoms with Crippen LogP contribution in [0.1, 0.15) is 28.0 Å². The maximum Gasteiger partial charge on any atom is 0.319 e. The molecule has 0 aliphatic carbocycles. The number of benzene rings is 1. The summed E-state index contributed by atoms with van der Waals surface area (Å²) in [6, 6.07) is 6.50. The number of anilines is 1. The lowest BCUT2D eigenvalue weighted by molar-refractivity contribution is 0.101. The summed E-state index contributed by atoms with van der Waals surface area (Å²) in [7, 11) is 0. The van der Waals surface area contributed by atoms with Crippen LogP contribution in [0.5, 0.6) is 0 Å². The molecule has 0 saturated heterocycles. The molecule has 2 amide bonds. The second-order valence-electron chi connectivity index (χ2n) is 4.30. The number of thiazole rings is 1. The number of ketones is 1. The number of carbonyl (C=O) groups is 2. The van der Waals surface area contributed by atoms with E-state index < -0.39 is 0 Å². The molecule has 0 unspecified atom stereocenters. The fraction of sp³-hybridized carbons (Fsp3) is 0.214. The smallest absolute Gasteiger partial charge is 0.319 e. The minimum Gasteiger partial charge on any atom is -0.332 e. The van der Waals surface area contributed by atoms with Gasteiger partial charge in [0.05, 0.1) is 17.2 Å². The van der Waals surface area contributed by atoms with Crippen molar-refractivity contribution in [2.45, 2.75) is 20.4 Å². The van der Waals surface area contributed by atoms with E-state index >= 15 is 0 Å². The highest BCUT2D eigenvalue weighted by Gasteiger charge is 2.05. The van der Waals surface area contributed by atoms with Crippen molar-refractivity contribution in [3.05, 3.63) is 45.9 Å². The van der Waals surface area contributed by atoms with Crippen LogP contribution in [-0.4, -0.2) is 16.8 Å². The van der Waals surface area contributed by atoms with Crippen molar-refractivity contribution >= 4 is 28.8 Å². The molecule has 2 aromatic rings. The number of hydrogen-bond acceptors (Lipinski definition) is 4. The van der Waals surface area contributed by atoms with Gasteiger partial charge in [0.2, 0.25) is 0 Å². The zero-order chi connectivity index (χ0) is 14.5. The third-order valence-corrected chi connectivity index (χ3v) is 3.45. The summed E-state index contributed by atoms with van der Waals surface area (Å²) < 4.78 is 0. The van der Waals surface area contributed by atoms with Gasteiger partial charge in [-0.2, -0.15) is 0 Å². The number of nitrogens with zero attached hydrogens (tertiary/aromatic N) is 1. The van der Waals surface area contributed by atoms with E-state index in [1.807, 2.05) is 12.3 Å². The van der Waals surface area contributed by atoms with Crippen molar-refractivity contribution in [1.29, 1.82) is 0 Å². The first-order valence-corrected chi connectivity index (χ1v) is 6.99. The van der Waals surface area contributed by atoms with Gasteiger partial charge in [0.1, 0.15) is 0 Å². The van der Waals surface area contributed by atoms with E-state index in [2.05, 4.69) is 15.6 Å². The molecule has 0 spiro atoms. The van der Waals surface area contributed by atoms with Crippen molar-refractivity contribution in [2.24, 2.45) is 0 Å². The number of urea groups is 1. The molecule has 2 rings (SSSR count). The van der Waals surface area contributed by atoms with Gasteiger partial charge < -0.3 is 10.6 Å². The minimum absolute atomic E-state index is 0.0352. The highest BCUT2D eigenvalue weighted by molar-refractivity contribution is 7.09. The van der Waals surface area contributed by atoms with Crippen molar-refractivity contribution in [2.75, 3.05) is 5.32 Å². The number of amides is 2. The lowest BCUT2D eigenvalue weighted by Crippen LogP contribution is -2.28. The average Bonchev–Trinajstić information content (AvgIpc) is 2.82. The van der Waals surface area contributed by atoms with E-state index in [-0.39, 0.29) is 11.8 Å². The van der Waals surface area contributed by atoms with Gasteiger partial charge in [0.25, 0.3) is 0 Å². The summed E-state index contributed by atoms with van der Waals surface area (Å²) in [5.74, 6) is -0.0352. The predicted octanol–water partition coefficient (Wildman–Crippen LogP) is 2.98. The molecule has 0 aliphatic rings. The van der Waals surface area contributed by atoms with Gasteiger partial charge in [-0.15, -0.1) is 11.3 Å². The monoisotopic (exact) mass is 289 g/mol. The van der Waals surface area contributed by atoms with Crippen LogP contribution in [0, 0.1) is 6.92 Å². The summed E-state index contributed by atoms with van der Waals surface area (Å²) in [6.07, 6.45) is 0. The molecular weight excluding hydrogens is 274 g/mol. The van der Waals surface area contributed by atoms with E-state index in [1.54, 1.807) is 35.6 Å². The van der Waals surface area contributed by atoms with Crippen LogP contribution >= 0.6 is 11.3 Å². The van der Waals surface area contributed by atoms with Gasteiger partial charge in [-0.3, -0.25) is 4.79 Å². The number of aryl methyl sites for hydroxylation is 1. The molecule has 2 N–H and O–H groups in total. The van der Waals surface area contributed by atoms with E-state index in [4.69, 9.17) is 0 Å². The predicted molar refractivity (Wildman–Crippen MR) is 79.2 cm³/mol. The SMILES string of the molecule is CC(=O)c1cccc(NC(=O)NCc2csc(C)n2)c1. The third kappa shape index (κ3) is 3.89. The van der Waals surface area contributed by atoms with E-state index in [0.717, 1.165) is 10.7 Å². The summed E-state index contributed by atoms with van der Waals surface area (Å²) in [5.41, 5.74) is 1.99. The standard InChI is InChI=1S/C14H15N3O2S/c1-9(18)11-4-3-5-12(6-11)17-14(19)15-7-13-8-20-10(2)16-13/h3-6,8H,7H2,1-2H3,(H2,15,17,19). The molecule has 0 bridgehead atoms. The van der Waals surface area contributed by atoms with Crippen molar-refractivity contribution in [1.82, 2.24) is 10.3 Å². The normalized spacial score (nSPS) is 10.1. The van der Waals surface area contributed by atoms with Crippen molar-refractivity contribution in [3.8, 4) is 0 Å². The highest BCUT2D eigenvalue weighted by Crippen LogP contribution is 2.11. The van der Waals surface area contributed by atoms with Gasteiger partial charge >= 0.3 is 6.03 Å². The van der Waals surface area contributed by atoms with Crippen LogP contribution in [0.2, 0.25) is 0 Å². The van der Waals surface area contributed by atoms with Gasteiger partial charge in [-0.25, -0.2) is 9.78 Å². The summed E-state index contributed by atoms with van der Waals surface area (Å²) in [6.45, 7) is 3.79. The Bertz CT molecular complexity index is 637. The highest BCUT2D eigenvalue weighted by atomic mass is 32.1. The van der Waals surface area contributed by atoms with Gasteiger partial charge in [0, 0.05) is 16.6 Å². The quantitative estimate of drug-likeness (QED) is 0.850. The molecule has 1 heterocycles. The second kappa shape index (κ2) is 6.29.